The van der Waals surface area contributed by atoms with Gasteiger partial charge in [-0.2, -0.15) is 0 Å². The van der Waals surface area contributed by atoms with Gasteiger partial charge in [0, 0.05) is 6.20 Å². The zero-order chi connectivity index (χ0) is 12.4. The molecule has 0 aliphatic rings. The van der Waals surface area contributed by atoms with Gasteiger partial charge in [0.1, 0.15) is 11.5 Å². The van der Waals surface area contributed by atoms with Gasteiger partial charge in [-0.1, -0.05) is 0 Å². The third-order valence-electron chi connectivity index (χ3n) is 2.21. The Bertz CT molecular complexity index is 550. The molecule has 0 spiro atoms. The fourth-order valence-electron chi connectivity index (χ4n) is 1.34. The van der Waals surface area contributed by atoms with Crippen LogP contribution in [0.4, 0.5) is 0 Å². The number of carboxylic acid groups (broad SMARTS) is 1. The van der Waals surface area contributed by atoms with Crippen LogP contribution in [0.1, 0.15) is 17.6 Å². The van der Waals surface area contributed by atoms with Crippen molar-refractivity contribution in [1.29, 1.82) is 0 Å². The van der Waals surface area contributed by atoms with Gasteiger partial charge in [-0.15, -0.1) is 0 Å². The van der Waals surface area contributed by atoms with Crippen molar-refractivity contribution in [1.82, 2.24) is 9.97 Å². The van der Waals surface area contributed by atoms with Crippen molar-refractivity contribution >= 4 is 5.97 Å². The molecule has 0 fully saturated rings. The summed E-state index contributed by atoms with van der Waals surface area (Å²) in [6, 6.07) is 3.96. The first kappa shape index (κ1) is 11.3. The van der Waals surface area contributed by atoms with Crippen LogP contribution in [-0.2, 0) is 4.79 Å². The van der Waals surface area contributed by atoms with Gasteiger partial charge < -0.3 is 15.3 Å². The summed E-state index contributed by atoms with van der Waals surface area (Å²) in [6.07, 6.45) is 1.46. The molecule has 2 aromatic rings. The maximum absolute atomic E-state index is 10.7. The molecule has 88 valence electrons. The van der Waals surface area contributed by atoms with Crippen LogP contribution in [0.5, 0.6) is 0 Å². The number of carbonyl (C=O) groups is 1. The van der Waals surface area contributed by atoms with Gasteiger partial charge in [0.05, 0.1) is 0 Å². The Balaban J connectivity index is 2.38. The predicted molar refractivity (Wildman–Crippen MR) is 59.0 cm³/mol. The summed E-state index contributed by atoms with van der Waals surface area (Å²) in [5.41, 5.74) is 5.95. The van der Waals surface area contributed by atoms with Gasteiger partial charge >= 0.3 is 5.97 Å². The summed E-state index contributed by atoms with van der Waals surface area (Å²) in [4.78, 5) is 18.6. The van der Waals surface area contributed by atoms with E-state index < -0.39 is 12.0 Å². The van der Waals surface area contributed by atoms with Crippen molar-refractivity contribution < 1.29 is 14.3 Å². The topological polar surface area (TPSA) is 102 Å². The van der Waals surface area contributed by atoms with E-state index in [4.69, 9.17) is 15.3 Å². The Morgan fingerprint density at radius 2 is 2.24 bits per heavy atom. The molecule has 0 aliphatic heterocycles. The van der Waals surface area contributed by atoms with Crippen LogP contribution in [0.3, 0.4) is 0 Å². The molecule has 17 heavy (non-hydrogen) atoms. The number of aromatic nitrogens is 2. The van der Waals surface area contributed by atoms with Gasteiger partial charge in [0.25, 0.3) is 0 Å². The number of carboxylic acids is 1. The molecule has 0 radical (unpaired) electrons. The third-order valence-corrected chi connectivity index (χ3v) is 2.21. The fourth-order valence-corrected chi connectivity index (χ4v) is 1.34. The van der Waals surface area contributed by atoms with Gasteiger partial charge in [-0.3, -0.25) is 4.79 Å². The normalized spacial score (nSPS) is 12.4. The van der Waals surface area contributed by atoms with Gasteiger partial charge in [-0.05, 0) is 25.1 Å². The lowest BCUT2D eigenvalue weighted by Crippen LogP contribution is -2.23. The van der Waals surface area contributed by atoms with Crippen LogP contribution in [0, 0.1) is 6.92 Å². The van der Waals surface area contributed by atoms with Gasteiger partial charge in [0.2, 0.25) is 0 Å². The monoisotopic (exact) mass is 233 g/mol. The highest BCUT2D eigenvalue weighted by Gasteiger charge is 2.18. The Kier molecular flexibility index (Phi) is 2.88. The molecule has 0 aliphatic carbocycles. The molecule has 6 nitrogen and oxygen atoms in total. The minimum atomic E-state index is -1.23. The minimum Gasteiger partial charge on any atom is -0.480 e. The SMILES string of the molecule is Cc1ccc(-c2ccnc(C(N)C(=O)O)n2)o1. The highest BCUT2D eigenvalue weighted by Crippen LogP contribution is 2.20. The van der Waals surface area contributed by atoms with Crippen LogP contribution >= 0.6 is 0 Å². The van der Waals surface area contributed by atoms with E-state index in [1.807, 2.05) is 6.92 Å². The molecular weight excluding hydrogens is 222 g/mol. The summed E-state index contributed by atoms with van der Waals surface area (Å²) in [7, 11) is 0. The number of hydrogen-bond acceptors (Lipinski definition) is 5. The lowest BCUT2D eigenvalue weighted by atomic mass is 10.2. The zero-order valence-electron chi connectivity index (χ0n) is 9.12. The van der Waals surface area contributed by atoms with Gasteiger partial charge in [0.15, 0.2) is 17.6 Å². The average Bonchev–Trinajstić information content (AvgIpc) is 2.75. The summed E-state index contributed by atoms with van der Waals surface area (Å²) in [6.45, 7) is 1.81. The first-order chi connectivity index (χ1) is 8.08. The number of nitrogens with two attached hydrogens (primary N) is 1. The molecule has 2 rings (SSSR count). The highest BCUT2D eigenvalue weighted by molar-refractivity contribution is 5.74. The number of furan rings is 1. The standard InChI is InChI=1S/C11H11N3O3/c1-6-2-3-8(17-6)7-4-5-13-10(14-7)9(12)11(15)16/h2-5,9H,12H2,1H3,(H,15,16). The molecule has 0 amide bonds. The van der Waals surface area contributed by atoms with Crippen molar-refractivity contribution in [3.63, 3.8) is 0 Å². The van der Waals surface area contributed by atoms with E-state index in [2.05, 4.69) is 9.97 Å². The molecular formula is C11H11N3O3. The van der Waals surface area contributed by atoms with E-state index in [1.54, 1.807) is 18.2 Å². The maximum Gasteiger partial charge on any atom is 0.328 e. The van der Waals surface area contributed by atoms with E-state index in [1.165, 1.54) is 6.20 Å². The smallest absolute Gasteiger partial charge is 0.328 e. The fraction of sp³-hybridized carbons (Fsp3) is 0.182. The molecule has 0 bridgehead atoms. The van der Waals surface area contributed by atoms with E-state index in [-0.39, 0.29) is 5.82 Å². The van der Waals surface area contributed by atoms with Crippen molar-refractivity contribution in [2.45, 2.75) is 13.0 Å². The first-order valence-electron chi connectivity index (χ1n) is 4.96. The van der Waals surface area contributed by atoms with Crippen LogP contribution in [0.15, 0.2) is 28.8 Å². The van der Waals surface area contributed by atoms with Crippen molar-refractivity contribution in [3.8, 4) is 11.5 Å². The molecule has 2 aromatic heterocycles. The summed E-state index contributed by atoms with van der Waals surface area (Å²) in [5, 5.41) is 8.77. The van der Waals surface area contributed by atoms with Crippen LogP contribution in [-0.4, -0.2) is 21.0 Å². The Morgan fingerprint density at radius 1 is 1.47 bits per heavy atom. The summed E-state index contributed by atoms with van der Waals surface area (Å²) < 4.78 is 5.39. The number of nitrogens with zero attached hydrogens (tertiary/aromatic N) is 2. The van der Waals surface area contributed by atoms with Crippen molar-refractivity contribution in [3.05, 3.63) is 36.0 Å². The second-order valence-electron chi connectivity index (χ2n) is 3.53. The predicted octanol–water partition coefficient (Wildman–Crippen LogP) is 1.13. The molecule has 0 aromatic carbocycles. The molecule has 6 heteroatoms. The molecule has 0 saturated heterocycles. The number of aliphatic carboxylic acids is 1. The Morgan fingerprint density at radius 3 is 2.82 bits per heavy atom. The molecule has 2 heterocycles. The number of hydrogen-bond donors (Lipinski definition) is 2. The number of rotatable bonds is 3. The van der Waals surface area contributed by atoms with E-state index in [9.17, 15) is 4.79 Å². The maximum atomic E-state index is 10.7. The Labute approximate surface area is 97.1 Å². The van der Waals surface area contributed by atoms with E-state index >= 15 is 0 Å². The van der Waals surface area contributed by atoms with Crippen LogP contribution in [0.25, 0.3) is 11.5 Å². The second-order valence-corrected chi connectivity index (χ2v) is 3.53. The molecule has 0 saturated carbocycles. The lowest BCUT2D eigenvalue weighted by molar-refractivity contribution is -0.138. The minimum absolute atomic E-state index is 0.0593. The van der Waals surface area contributed by atoms with Gasteiger partial charge in [-0.25, -0.2) is 9.97 Å². The first-order valence-corrected chi connectivity index (χ1v) is 4.96. The Hall–Kier alpha value is -2.21. The zero-order valence-corrected chi connectivity index (χ0v) is 9.12. The van der Waals surface area contributed by atoms with Crippen molar-refractivity contribution in [2.24, 2.45) is 5.73 Å². The second kappa shape index (κ2) is 4.34. The average molecular weight is 233 g/mol. The number of aryl methyl sites for hydroxylation is 1. The third kappa shape index (κ3) is 2.31. The van der Waals surface area contributed by atoms with Crippen LogP contribution < -0.4 is 5.73 Å². The molecule has 1 unspecified atom stereocenters. The largest absolute Gasteiger partial charge is 0.480 e. The molecule has 3 N–H and O–H groups in total. The summed E-state index contributed by atoms with van der Waals surface area (Å²) >= 11 is 0. The van der Waals surface area contributed by atoms with E-state index in [0.29, 0.717) is 11.5 Å². The van der Waals surface area contributed by atoms with Crippen LogP contribution in [0.2, 0.25) is 0 Å². The summed E-state index contributed by atoms with van der Waals surface area (Å²) in [5.74, 6) is 0.202. The van der Waals surface area contributed by atoms with E-state index in [0.717, 1.165) is 5.76 Å². The highest BCUT2D eigenvalue weighted by atomic mass is 16.4. The van der Waals surface area contributed by atoms with Crippen molar-refractivity contribution in [2.75, 3.05) is 0 Å². The quantitative estimate of drug-likeness (QED) is 0.823. The lowest BCUT2D eigenvalue weighted by Gasteiger charge is -2.05. The molecule has 1 atom stereocenters.